The van der Waals surface area contributed by atoms with Gasteiger partial charge in [-0.15, -0.1) is 0 Å². The molecule has 0 aliphatic heterocycles. The zero-order valence-electron chi connectivity index (χ0n) is 10.5. The van der Waals surface area contributed by atoms with Gasteiger partial charge in [0.2, 0.25) is 5.91 Å². The van der Waals surface area contributed by atoms with E-state index in [9.17, 15) is 9.90 Å². The van der Waals surface area contributed by atoms with Crippen molar-refractivity contribution in [1.82, 2.24) is 5.32 Å². The summed E-state index contributed by atoms with van der Waals surface area (Å²) in [5.41, 5.74) is 6.61. The van der Waals surface area contributed by atoms with Crippen LogP contribution in [0.4, 0.5) is 0 Å². The van der Waals surface area contributed by atoms with Crippen molar-refractivity contribution in [3.8, 4) is 5.75 Å². The summed E-state index contributed by atoms with van der Waals surface area (Å²) < 4.78 is 0. The number of aromatic hydroxyl groups is 1. The minimum Gasteiger partial charge on any atom is -0.508 e. The first-order chi connectivity index (χ1) is 7.91. The molecular formula is C13H20N2O2. The molecule has 4 N–H and O–H groups in total. The van der Waals surface area contributed by atoms with Crippen LogP contribution in [0.3, 0.4) is 0 Å². The van der Waals surface area contributed by atoms with E-state index in [0.717, 1.165) is 5.56 Å². The van der Waals surface area contributed by atoms with Gasteiger partial charge >= 0.3 is 0 Å². The first-order valence-electron chi connectivity index (χ1n) is 5.76. The number of nitrogens with two attached hydrogens (primary N) is 1. The van der Waals surface area contributed by atoms with Crippen molar-refractivity contribution in [2.45, 2.75) is 32.9 Å². The molecule has 1 rings (SSSR count). The zero-order chi connectivity index (χ0) is 13.0. The quantitative estimate of drug-likeness (QED) is 0.742. The largest absolute Gasteiger partial charge is 0.508 e. The van der Waals surface area contributed by atoms with Crippen molar-refractivity contribution in [3.63, 3.8) is 0 Å². The summed E-state index contributed by atoms with van der Waals surface area (Å²) in [5.74, 6) is 0.124. The van der Waals surface area contributed by atoms with Crippen LogP contribution in [0.15, 0.2) is 24.3 Å². The molecule has 0 radical (unpaired) electrons. The van der Waals surface area contributed by atoms with E-state index in [-0.39, 0.29) is 23.6 Å². The number of carbonyl (C=O) groups is 1. The van der Waals surface area contributed by atoms with E-state index in [1.165, 1.54) is 0 Å². The second-order valence-electron chi connectivity index (χ2n) is 4.60. The van der Waals surface area contributed by atoms with Gasteiger partial charge in [-0.05, 0) is 30.5 Å². The second-order valence-corrected chi connectivity index (χ2v) is 4.60. The fourth-order valence-corrected chi connectivity index (χ4v) is 1.49. The molecule has 17 heavy (non-hydrogen) atoms. The van der Waals surface area contributed by atoms with Crippen LogP contribution in [-0.2, 0) is 4.79 Å². The van der Waals surface area contributed by atoms with Gasteiger partial charge < -0.3 is 16.2 Å². The van der Waals surface area contributed by atoms with Crippen LogP contribution >= 0.6 is 0 Å². The van der Waals surface area contributed by atoms with Crippen LogP contribution in [0.2, 0.25) is 0 Å². The average Bonchev–Trinajstić information content (AvgIpc) is 2.27. The van der Waals surface area contributed by atoms with Crippen LogP contribution in [0.5, 0.6) is 5.75 Å². The zero-order valence-corrected chi connectivity index (χ0v) is 10.5. The molecule has 4 nitrogen and oxygen atoms in total. The maximum atomic E-state index is 11.8. The number of phenols is 1. The maximum Gasteiger partial charge on any atom is 0.237 e. The Morgan fingerprint density at radius 2 is 2.00 bits per heavy atom. The highest BCUT2D eigenvalue weighted by Gasteiger charge is 2.19. The number of nitrogens with one attached hydrogen (secondary N) is 1. The van der Waals surface area contributed by atoms with Gasteiger partial charge in [0.1, 0.15) is 5.75 Å². The lowest BCUT2D eigenvalue weighted by molar-refractivity contribution is -0.123. The van der Waals surface area contributed by atoms with Crippen LogP contribution < -0.4 is 11.1 Å². The van der Waals surface area contributed by atoms with Crippen molar-refractivity contribution >= 4 is 5.91 Å². The molecule has 0 heterocycles. The van der Waals surface area contributed by atoms with E-state index in [0.29, 0.717) is 0 Å². The highest BCUT2D eigenvalue weighted by molar-refractivity contribution is 5.82. The molecule has 0 aliphatic carbocycles. The lowest BCUT2D eigenvalue weighted by atomic mass is 10.0. The molecule has 0 saturated heterocycles. The van der Waals surface area contributed by atoms with Gasteiger partial charge in [0.25, 0.3) is 0 Å². The summed E-state index contributed by atoms with van der Waals surface area (Å²) in [6.45, 7) is 5.67. The van der Waals surface area contributed by atoms with Crippen molar-refractivity contribution < 1.29 is 9.90 Å². The highest BCUT2D eigenvalue weighted by Crippen LogP contribution is 2.17. The number of hydrogen-bond donors (Lipinski definition) is 3. The third-order valence-corrected chi connectivity index (χ3v) is 2.75. The van der Waals surface area contributed by atoms with Gasteiger partial charge in [-0.25, -0.2) is 0 Å². The first-order valence-corrected chi connectivity index (χ1v) is 5.76. The number of amides is 1. The summed E-state index contributed by atoms with van der Waals surface area (Å²) in [6, 6.07) is 6.15. The van der Waals surface area contributed by atoms with E-state index in [1.807, 2.05) is 26.8 Å². The SMILES string of the molecule is CC(NC(=O)[C@@H](N)C(C)C)c1cccc(O)c1. The van der Waals surface area contributed by atoms with Gasteiger partial charge in [0, 0.05) is 0 Å². The first kappa shape index (κ1) is 13.5. The summed E-state index contributed by atoms with van der Waals surface area (Å²) in [6.07, 6.45) is 0. The molecular weight excluding hydrogens is 216 g/mol. The summed E-state index contributed by atoms with van der Waals surface area (Å²) >= 11 is 0. The standard InChI is InChI=1S/C13H20N2O2/c1-8(2)12(14)13(17)15-9(3)10-5-4-6-11(16)7-10/h4-9,12,16H,14H2,1-3H3,(H,15,17)/t9?,12-/m0/s1. The average molecular weight is 236 g/mol. The summed E-state index contributed by atoms with van der Waals surface area (Å²) in [7, 11) is 0. The van der Waals surface area contributed by atoms with Crippen molar-refractivity contribution in [2.24, 2.45) is 11.7 Å². The van der Waals surface area contributed by atoms with Gasteiger partial charge in [-0.1, -0.05) is 26.0 Å². The fraction of sp³-hybridized carbons (Fsp3) is 0.462. The Morgan fingerprint density at radius 3 is 2.53 bits per heavy atom. The molecule has 4 heteroatoms. The number of carbonyl (C=O) groups excluding carboxylic acids is 1. The predicted octanol–water partition coefficient (Wildman–Crippen LogP) is 1.55. The third-order valence-electron chi connectivity index (χ3n) is 2.75. The molecule has 1 aromatic carbocycles. The Bertz CT molecular complexity index is 391. The number of rotatable bonds is 4. The Labute approximate surface area is 102 Å². The minimum atomic E-state index is -0.505. The fourth-order valence-electron chi connectivity index (χ4n) is 1.49. The maximum absolute atomic E-state index is 11.8. The Balaban J connectivity index is 2.66. The number of phenolic OH excluding ortho intramolecular Hbond substituents is 1. The van der Waals surface area contributed by atoms with Crippen LogP contribution in [0, 0.1) is 5.92 Å². The van der Waals surface area contributed by atoms with E-state index in [1.54, 1.807) is 18.2 Å². The van der Waals surface area contributed by atoms with E-state index >= 15 is 0 Å². The van der Waals surface area contributed by atoms with Crippen molar-refractivity contribution in [2.75, 3.05) is 0 Å². The van der Waals surface area contributed by atoms with Gasteiger partial charge in [0.05, 0.1) is 12.1 Å². The van der Waals surface area contributed by atoms with E-state index < -0.39 is 6.04 Å². The van der Waals surface area contributed by atoms with Crippen LogP contribution in [0.1, 0.15) is 32.4 Å². The molecule has 2 atom stereocenters. The molecule has 1 aromatic rings. The number of benzene rings is 1. The molecule has 0 aromatic heterocycles. The van der Waals surface area contributed by atoms with Gasteiger partial charge in [-0.2, -0.15) is 0 Å². The van der Waals surface area contributed by atoms with Crippen molar-refractivity contribution in [3.05, 3.63) is 29.8 Å². The molecule has 1 unspecified atom stereocenters. The Kier molecular flexibility index (Phi) is 4.52. The molecule has 0 fully saturated rings. The topological polar surface area (TPSA) is 75.4 Å². The van der Waals surface area contributed by atoms with E-state index in [4.69, 9.17) is 5.73 Å². The second kappa shape index (κ2) is 5.68. The third kappa shape index (κ3) is 3.75. The summed E-state index contributed by atoms with van der Waals surface area (Å²) in [4.78, 5) is 11.8. The molecule has 1 amide bonds. The van der Waals surface area contributed by atoms with Gasteiger partial charge in [0.15, 0.2) is 0 Å². The Morgan fingerprint density at radius 1 is 1.35 bits per heavy atom. The lowest BCUT2D eigenvalue weighted by Crippen LogP contribution is -2.44. The molecule has 0 bridgehead atoms. The van der Waals surface area contributed by atoms with Gasteiger partial charge in [-0.3, -0.25) is 4.79 Å². The molecule has 94 valence electrons. The van der Waals surface area contributed by atoms with Crippen LogP contribution in [-0.4, -0.2) is 17.1 Å². The normalized spacial score (nSPS) is 14.4. The van der Waals surface area contributed by atoms with Crippen molar-refractivity contribution in [1.29, 1.82) is 0 Å². The smallest absolute Gasteiger partial charge is 0.237 e. The molecule has 0 spiro atoms. The van der Waals surface area contributed by atoms with E-state index in [2.05, 4.69) is 5.32 Å². The number of hydrogen-bond acceptors (Lipinski definition) is 3. The Hall–Kier alpha value is -1.55. The monoisotopic (exact) mass is 236 g/mol. The molecule has 0 aliphatic rings. The predicted molar refractivity (Wildman–Crippen MR) is 67.5 cm³/mol. The lowest BCUT2D eigenvalue weighted by Gasteiger charge is -2.20. The summed E-state index contributed by atoms with van der Waals surface area (Å²) in [5, 5.41) is 12.2. The minimum absolute atomic E-state index is 0.103. The molecule has 0 saturated carbocycles. The van der Waals surface area contributed by atoms with Crippen LogP contribution in [0.25, 0.3) is 0 Å². The highest BCUT2D eigenvalue weighted by atomic mass is 16.3.